The molecule has 0 bridgehead atoms. The molecule has 100 valence electrons. The van der Waals surface area contributed by atoms with E-state index in [1.807, 2.05) is 0 Å². The van der Waals surface area contributed by atoms with E-state index >= 15 is 0 Å². The number of aldehydes is 1. The molecule has 0 radical (unpaired) electrons. The van der Waals surface area contributed by atoms with E-state index in [9.17, 15) is 4.79 Å². The molecule has 1 aliphatic rings. The molecule has 3 nitrogen and oxygen atoms in total. The molecule has 0 saturated carbocycles. The highest BCUT2D eigenvalue weighted by molar-refractivity contribution is 7.09. The molecule has 0 spiro atoms. The molecule has 0 N–H and O–H groups in total. The van der Waals surface area contributed by atoms with Gasteiger partial charge in [0.2, 0.25) is 0 Å². The largest absolute Gasteiger partial charge is 0.303 e. The summed E-state index contributed by atoms with van der Waals surface area (Å²) in [6.07, 6.45) is 3.11. The van der Waals surface area contributed by atoms with Gasteiger partial charge in [-0.3, -0.25) is 4.90 Å². The summed E-state index contributed by atoms with van der Waals surface area (Å²) in [7, 11) is 0. The van der Waals surface area contributed by atoms with Gasteiger partial charge in [0.05, 0.1) is 12.2 Å². The first-order valence-corrected chi connectivity index (χ1v) is 7.49. The fraction of sp³-hybridized carbons (Fsp3) is 0.714. The van der Waals surface area contributed by atoms with Gasteiger partial charge < -0.3 is 4.79 Å². The third-order valence-corrected chi connectivity index (χ3v) is 4.34. The number of carbonyl (C=O) groups is 1. The van der Waals surface area contributed by atoms with Gasteiger partial charge in [0, 0.05) is 16.7 Å². The minimum Gasteiger partial charge on any atom is -0.303 e. The van der Waals surface area contributed by atoms with Crippen LogP contribution in [0.3, 0.4) is 0 Å². The summed E-state index contributed by atoms with van der Waals surface area (Å²) in [6, 6.07) is 0. The first-order valence-electron chi connectivity index (χ1n) is 6.61. The van der Waals surface area contributed by atoms with Crippen LogP contribution >= 0.6 is 11.3 Å². The van der Waals surface area contributed by atoms with Crippen LogP contribution in [-0.2, 0) is 16.8 Å². The zero-order chi connectivity index (χ0) is 13.2. The van der Waals surface area contributed by atoms with Crippen molar-refractivity contribution in [2.45, 2.75) is 45.6 Å². The number of nitrogens with zero attached hydrogens (tertiary/aromatic N) is 2. The molecule has 0 atom stereocenters. The first-order chi connectivity index (χ1) is 8.49. The van der Waals surface area contributed by atoms with Crippen LogP contribution in [0.2, 0.25) is 0 Å². The fourth-order valence-corrected chi connectivity index (χ4v) is 3.23. The van der Waals surface area contributed by atoms with E-state index in [1.165, 1.54) is 10.7 Å². The lowest BCUT2D eigenvalue weighted by atomic mass is 9.93. The summed E-state index contributed by atoms with van der Waals surface area (Å²) >= 11 is 1.75. The van der Waals surface area contributed by atoms with Crippen molar-refractivity contribution in [1.82, 2.24) is 9.88 Å². The Kier molecular flexibility index (Phi) is 4.17. The lowest BCUT2D eigenvalue weighted by Gasteiger charge is -2.28. The van der Waals surface area contributed by atoms with E-state index in [0.717, 1.165) is 38.8 Å². The van der Waals surface area contributed by atoms with Gasteiger partial charge >= 0.3 is 0 Å². The minimum atomic E-state index is 0.138. The van der Waals surface area contributed by atoms with Crippen molar-refractivity contribution in [3.8, 4) is 0 Å². The van der Waals surface area contributed by atoms with Gasteiger partial charge in [-0.25, -0.2) is 4.98 Å². The quantitative estimate of drug-likeness (QED) is 0.789. The highest BCUT2D eigenvalue weighted by Gasteiger charge is 2.21. The predicted molar refractivity (Wildman–Crippen MR) is 74.9 cm³/mol. The van der Waals surface area contributed by atoms with Gasteiger partial charge in [-0.05, 0) is 25.9 Å². The molecule has 2 rings (SSSR count). The normalized spacial score (nSPS) is 19.1. The maximum atomic E-state index is 10.7. The Labute approximate surface area is 113 Å². The molecular formula is C14H22N2OS. The molecule has 18 heavy (non-hydrogen) atoms. The second-order valence-electron chi connectivity index (χ2n) is 6.13. The average Bonchev–Trinajstić information content (AvgIpc) is 2.78. The molecule has 1 aromatic heterocycles. The summed E-state index contributed by atoms with van der Waals surface area (Å²) in [5.41, 5.74) is 1.32. The van der Waals surface area contributed by atoms with Crippen molar-refractivity contribution >= 4 is 17.6 Å². The highest BCUT2D eigenvalue weighted by Crippen LogP contribution is 2.25. The Morgan fingerprint density at radius 1 is 1.44 bits per heavy atom. The molecule has 1 fully saturated rings. The standard InChI is InChI=1S/C14H22N2OS/c1-14(2,3)12-10-18-13(15-12)8-16-6-4-11(9-17)5-7-16/h9-11H,4-8H2,1-3H3. The van der Waals surface area contributed by atoms with Gasteiger partial charge in [-0.2, -0.15) is 0 Å². The Balaban J connectivity index is 1.91. The lowest BCUT2D eigenvalue weighted by Crippen LogP contribution is -2.33. The third kappa shape index (κ3) is 3.39. The number of carbonyl (C=O) groups excluding carboxylic acids is 1. The monoisotopic (exact) mass is 266 g/mol. The van der Waals surface area contributed by atoms with Crippen molar-refractivity contribution in [3.05, 3.63) is 16.1 Å². The molecule has 0 aliphatic carbocycles. The molecule has 1 aromatic rings. The Morgan fingerprint density at radius 3 is 2.61 bits per heavy atom. The zero-order valence-electron chi connectivity index (χ0n) is 11.5. The van der Waals surface area contributed by atoms with E-state index in [-0.39, 0.29) is 11.3 Å². The van der Waals surface area contributed by atoms with E-state index < -0.39 is 0 Å². The van der Waals surface area contributed by atoms with Crippen LogP contribution in [0.5, 0.6) is 0 Å². The van der Waals surface area contributed by atoms with E-state index in [0.29, 0.717) is 0 Å². The third-order valence-electron chi connectivity index (χ3n) is 3.50. The molecule has 0 amide bonds. The first kappa shape index (κ1) is 13.7. The van der Waals surface area contributed by atoms with Crippen LogP contribution in [0.15, 0.2) is 5.38 Å². The maximum Gasteiger partial charge on any atom is 0.123 e. The van der Waals surface area contributed by atoms with Crippen LogP contribution in [0, 0.1) is 5.92 Å². The summed E-state index contributed by atoms with van der Waals surface area (Å²) in [4.78, 5) is 17.8. The van der Waals surface area contributed by atoms with E-state index in [4.69, 9.17) is 4.98 Å². The van der Waals surface area contributed by atoms with Crippen LogP contribution in [-0.4, -0.2) is 29.3 Å². The Hall–Kier alpha value is -0.740. The van der Waals surface area contributed by atoms with Gasteiger partial charge in [0.1, 0.15) is 11.3 Å². The predicted octanol–water partition coefficient (Wildman–Crippen LogP) is 2.85. The minimum absolute atomic E-state index is 0.138. The SMILES string of the molecule is CC(C)(C)c1csc(CN2CCC(C=O)CC2)n1. The van der Waals surface area contributed by atoms with Gasteiger partial charge in [-0.1, -0.05) is 20.8 Å². The average molecular weight is 266 g/mol. The van der Waals surface area contributed by atoms with E-state index in [1.54, 1.807) is 11.3 Å². The molecular weight excluding hydrogens is 244 g/mol. The lowest BCUT2D eigenvalue weighted by molar-refractivity contribution is -0.112. The second kappa shape index (κ2) is 5.49. The highest BCUT2D eigenvalue weighted by atomic mass is 32.1. The topological polar surface area (TPSA) is 33.2 Å². The summed E-state index contributed by atoms with van der Waals surface area (Å²) in [5, 5.41) is 3.37. The number of rotatable bonds is 3. The number of thiazole rings is 1. The fourth-order valence-electron chi connectivity index (χ4n) is 2.17. The number of likely N-dealkylation sites (tertiary alicyclic amines) is 1. The molecule has 0 unspecified atom stereocenters. The van der Waals surface area contributed by atoms with Crippen molar-refractivity contribution in [2.24, 2.45) is 5.92 Å². The van der Waals surface area contributed by atoms with Crippen molar-refractivity contribution in [1.29, 1.82) is 0 Å². The summed E-state index contributed by atoms with van der Waals surface area (Å²) in [5.74, 6) is 0.280. The van der Waals surface area contributed by atoms with E-state index in [2.05, 4.69) is 31.1 Å². The second-order valence-corrected chi connectivity index (χ2v) is 7.07. The smallest absolute Gasteiger partial charge is 0.123 e. The van der Waals surface area contributed by atoms with Gasteiger partial charge in [-0.15, -0.1) is 11.3 Å². The molecule has 1 saturated heterocycles. The van der Waals surface area contributed by atoms with Gasteiger partial charge in [0.15, 0.2) is 0 Å². The molecule has 0 aromatic carbocycles. The Morgan fingerprint density at radius 2 is 2.11 bits per heavy atom. The molecule has 2 heterocycles. The number of hydrogen-bond acceptors (Lipinski definition) is 4. The van der Waals surface area contributed by atoms with Crippen LogP contribution in [0.25, 0.3) is 0 Å². The van der Waals surface area contributed by atoms with Crippen LogP contribution in [0.1, 0.15) is 44.3 Å². The maximum absolute atomic E-state index is 10.7. The molecule has 1 aliphatic heterocycles. The number of hydrogen-bond donors (Lipinski definition) is 0. The number of piperidine rings is 1. The van der Waals surface area contributed by atoms with Crippen LogP contribution in [0.4, 0.5) is 0 Å². The zero-order valence-corrected chi connectivity index (χ0v) is 12.3. The van der Waals surface area contributed by atoms with Crippen molar-refractivity contribution in [2.75, 3.05) is 13.1 Å². The van der Waals surface area contributed by atoms with Crippen molar-refractivity contribution in [3.63, 3.8) is 0 Å². The number of aromatic nitrogens is 1. The summed E-state index contributed by atoms with van der Waals surface area (Å²) in [6.45, 7) is 9.57. The van der Waals surface area contributed by atoms with Crippen LogP contribution < -0.4 is 0 Å². The Bertz CT molecular complexity index is 400. The molecule has 4 heteroatoms. The van der Waals surface area contributed by atoms with Crippen molar-refractivity contribution < 1.29 is 4.79 Å². The van der Waals surface area contributed by atoms with Gasteiger partial charge in [0.25, 0.3) is 0 Å². The summed E-state index contributed by atoms with van der Waals surface area (Å²) < 4.78 is 0.